The van der Waals surface area contributed by atoms with Crippen LogP contribution in [0.1, 0.15) is 61.7 Å². The topological polar surface area (TPSA) is 103 Å². The van der Waals surface area contributed by atoms with Gasteiger partial charge in [-0.2, -0.15) is 23.5 Å². The fourth-order valence-corrected chi connectivity index (χ4v) is 6.98. The molecule has 2 aromatic carbocycles. The van der Waals surface area contributed by atoms with Gasteiger partial charge < -0.3 is 14.4 Å². The third kappa shape index (κ3) is 6.03. The molecule has 1 N–H and O–H groups in total. The summed E-state index contributed by atoms with van der Waals surface area (Å²) in [6, 6.07) is 14.4. The number of rotatable bonds is 6. The Bertz CT molecular complexity index is 1900. The minimum Gasteiger partial charge on any atom is -0.444 e. The normalized spacial score (nSPS) is 23.1. The smallest absolute Gasteiger partial charge is 0.444 e. The first-order chi connectivity index (χ1) is 22.8. The number of nitrogens with zero attached hydrogens (tertiary/aromatic N) is 6. The van der Waals surface area contributed by atoms with E-state index >= 15 is 0 Å². The third-order valence-corrected chi connectivity index (χ3v) is 9.71. The number of benzene rings is 2. The Morgan fingerprint density at radius 1 is 1.10 bits per heavy atom. The van der Waals surface area contributed by atoms with Crippen molar-refractivity contribution in [2.45, 2.75) is 57.5 Å². The Morgan fingerprint density at radius 2 is 1.90 bits per heavy atom. The van der Waals surface area contributed by atoms with Crippen molar-refractivity contribution in [3.8, 4) is 29.0 Å². The maximum Gasteiger partial charge on any atom is 0.451 e. The minimum atomic E-state index is -4.65. The zero-order chi connectivity index (χ0) is 33.8. The van der Waals surface area contributed by atoms with E-state index in [1.165, 1.54) is 12.3 Å². The molecule has 0 aliphatic carbocycles. The van der Waals surface area contributed by atoms with Gasteiger partial charge >= 0.3 is 6.18 Å². The molecule has 0 bridgehead atoms. The summed E-state index contributed by atoms with van der Waals surface area (Å²) in [5.74, 6) is -1.76. The zero-order valence-electron chi connectivity index (χ0n) is 26.2. The highest BCUT2D eigenvalue weighted by atomic mass is 35.5. The van der Waals surface area contributed by atoms with Gasteiger partial charge in [0.25, 0.3) is 5.79 Å². The number of H-pyrrole nitrogens is 1. The van der Waals surface area contributed by atoms with Crippen molar-refractivity contribution in [1.82, 2.24) is 25.1 Å². The number of halogens is 5. The molecule has 3 aliphatic heterocycles. The lowest BCUT2D eigenvalue weighted by molar-refractivity contribution is -0.144. The number of anilines is 1. The van der Waals surface area contributed by atoms with Gasteiger partial charge in [0.05, 0.1) is 28.4 Å². The lowest BCUT2D eigenvalue weighted by Crippen LogP contribution is -2.34. The number of aromatic nitrogens is 4. The van der Waals surface area contributed by atoms with Crippen LogP contribution >= 0.6 is 11.6 Å². The van der Waals surface area contributed by atoms with Crippen LogP contribution in [-0.4, -0.2) is 51.2 Å². The molecule has 14 heteroatoms. The molecule has 0 amide bonds. The maximum absolute atomic E-state index is 14.9. The summed E-state index contributed by atoms with van der Waals surface area (Å²) >= 11 is 5.97. The molecule has 48 heavy (non-hydrogen) atoms. The molecule has 0 saturated carbocycles. The summed E-state index contributed by atoms with van der Waals surface area (Å²) in [4.78, 5) is 12.7. The number of piperidine rings is 1. The Labute approximate surface area is 279 Å². The van der Waals surface area contributed by atoms with Crippen molar-refractivity contribution in [2.24, 2.45) is 5.41 Å². The van der Waals surface area contributed by atoms with Crippen LogP contribution in [0.2, 0.25) is 5.02 Å². The van der Waals surface area contributed by atoms with Crippen LogP contribution < -0.4 is 14.4 Å². The van der Waals surface area contributed by atoms with Crippen LogP contribution in [0.3, 0.4) is 0 Å². The number of hydrogen-bond donors (Lipinski definition) is 1. The fraction of sp³-hybridized carbons (Fsp3) is 0.412. The molecule has 250 valence electrons. The number of para-hydroxylation sites is 1. The van der Waals surface area contributed by atoms with Crippen LogP contribution in [0.15, 0.2) is 48.7 Å². The molecule has 5 heterocycles. The summed E-state index contributed by atoms with van der Waals surface area (Å²) in [6.45, 7) is 6.73. The van der Waals surface area contributed by atoms with Crippen LogP contribution in [0.25, 0.3) is 11.4 Å². The predicted molar refractivity (Wildman–Crippen MR) is 169 cm³/mol. The Kier molecular flexibility index (Phi) is 7.99. The summed E-state index contributed by atoms with van der Waals surface area (Å²) in [5.41, 5.74) is 2.60. The van der Waals surface area contributed by atoms with E-state index in [0.29, 0.717) is 43.1 Å². The average Bonchev–Trinajstić information content (AvgIpc) is 3.79. The van der Waals surface area contributed by atoms with E-state index < -0.39 is 29.0 Å². The number of ether oxygens (including phenoxy) is 2. The molecule has 0 spiro atoms. The number of aromatic amines is 1. The zero-order valence-corrected chi connectivity index (χ0v) is 27.0. The molecule has 2 atom stereocenters. The van der Waals surface area contributed by atoms with Gasteiger partial charge in [-0.1, -0.05) is 23.7 Å². The lowest BCUT2D eigenvalue weighted by atomic mass is 9.88. The quantitative estimate of drug-likeness (QED) is 0.210. The first kappa shape index (κ1) is 32.2. The maximum atomic E-state index is 14.9. The third-order valence-electron chi connectivity index (χ3n) is 9.48. The molecule has 2 fully saturated rings. The molecular weight excluding hydrogens is 650 g/mol. The minimum absolute atomic E-state index is 0.0952. The number of fused-ring (bicyclic) bond motifs is 1. The van der Waals surface area contributed by atoms with Gasteiger partial charge in [-0.05, 0) is 75.5 Å². The number of hydrogen-bond acceptors (Lipinski definition) is 8. The lowest BCUT2D eigenvalue weighted by Gasteiger charge is -2.33. The van der Waals surface area contributed by atoms with Crippen molar-refractivity contribution < 1.29 is 27.0 Å². The second kappa shape index (κ2) is 11.9. The van der Waals surface area contributed by atoms with Crippen molar-refractivity contribution in [1.29, 1.82) is 5.26 Å². The van der Waals surface area contributed by atoms with Gasteiger partial charge in [0.1, 0.15) is 5.82 Å². The van der Waals surface area contributed by atoms with Crippen LogP contribution in [0.5, 0.6) is 11.5 Å². The van der Waals surface area contributed by atoms with Crippen molar-refractivity contribution in [3.63, 3.8) is 0 Å². The highest BCUT2D eigenvalue weighted by molar-refractivity contribution is 6.30. The van der Waals surface area contributed by atoms with E-state index in [1.54, 1.807) is 25.1 Å². The Morgan fingerprint density at radius 3 is 2.58 bits per heavy atom. The predicted octanol–water partition coefficient (Wildman–Crippen LogP) is 7.44. The first-order valence-corrected chi connectivity index (χ1v) is 16.1. The number of nitriles is 1. The highest BCUT2D eigenvalue weighted by Gasteiger charge is 2.43. The van der Waals surface area contributed by atoms with E-state index in [4.69, 9.17) is 26.1 Å². The van der Waals surface area contributed by atoms with Gasteiger partial charge in [-0.3, -0.25) is 15.0 Å². The standard InChI is InChI=1S/C34H32ClF4N7O2/c1-32(18-40)10-13-46(19-32)27-14-21(30-42-31(44-43-30)34(37,38)39)16-41-26(27)17-45-11-8-20(9-12-45)23-4-3-5-28-29(23)48-33(2,47-28)24-7-6-22(35)15-25(24)36/h3-7,14-16,20H,8-13,17,19H2,1-2H3,(H,42,43,44)/t32-,33-/m0/s1. The monoisotopic (exact) mass is 681 g/mol. The molecule has 2 aromatic heterocycles. The number of nitrogens with one attached hydrogen (secondary N) is 1. The van der Waals surface area contributed by atoms with Crippen molar-refractivity contribution >= 4 is 17.3 Å². The fourth-order valence-electron chi connectivity index (χ4n) is 6.83. The average molecular weight is 682 g/mol. The first-order valence-electron chi connectivity index (χ1n) is 15.7. The van der Waals surface area contributed by atoms with E-state index in [0.717, 1.165) is 42.9 Å². The molecular formula is C34H32ClF4N7O2. The molecule has 0 radical (unpaired) electrons. The van der Waals surface area contributed by atoms with Gasteiger partial charge in [-0.15, -0.1) is 0 Å². The molecule has 7 rings (SSSR count). The van der Waals surface area contributed by atoms with Crippen LogP contribution in [-0.2, 0) is 18.5 Å². The molecule has 3 aliphatic rings. The largest absolute Gasteiger partial charge is 0.451 e. The SMILES string of the molecule is C[C@@]1(C#N)CCN(c2cc(-c3n[nH]c(C(F)(F)F)n3)cnc2CN2CCC(c3cccc4c3O[C@@](C)(c3ccc(Cl)cc3F)O4)CC2)C1. The van der Waals surface area contributed by atoms with Gasteiger partial charge in [0.2, 0.25) is 5.82 Å². The van der Waals surface area contributed by atoms with E-state index in [2.05, 4.69) is 26.0 Å². The van der Waals surface area contributed by atoms with Crippen molar-refractivity contribution in [2.75, 3.05) is 31.1 Å². The van der Waals surface area contributed by atoms with Crippen LogP contribution in [0.4, 0.5) is 23.2 Å². The number of alkyl halides is 3. The number of pyridine rings is 1. The molecule has 9 nitrogen and oxygen atoms in total. The van der Waals surface area contributed by atoms with E-state index in [9.17, 15) is 22.8 Å². The van der Waals surface area contributed by atoms with Gasteiger partial charge in [-0.25, -0.2) is 9.37 Å². The van der Waals surface area contributed by atoms with Gasteiger partial charge in [0.15, 0.2) is 17.3 Å². The van der Waals surface area contributed by atoms with Crippen LogP contribution in [0, 0.1) is 22.6 Å². The Hall–Kier alpha value is -4.41. The number of likely N-dealkylation sites (tertiary alicyclic amines) is 1. The molecule has 4 aromatic rings. The van der Waals surface area contributed by atoms with E-state index in [-0.39, 0.29) is 22.3 Å². The summed E-state index contributed by atoms with van der Waals surface area (Å²) < 4.78 is 67.0. The molecule has 2 saturated heterocycles. The molecule has 0 unspecified atom stereocenters. The Balaban J connectivity index is 1.08. The second-order valence-corrected chi connectivity index (χ2v) is 13.5. The van der Waals surface area contributed by atoms with Gasteiger partial charge in [0, 0.05) is 48.9 Å². The summed E-state index contributed by atoms with van der Waals surface area (Å²) in [5, 5.41) is 15.8. The highest BCUT2D eigenvalue weighted by Crippen LogP contribution is 2.50. The summed E-state index contributed by atoms with van der Waals surface area (Å²) in [7, 11) is 0. The van der Waals surface area contributed by atoms with Crippen molar-refractivity contribution in [3.05, 3.63) is 82.1 Å². The second-order valence-electron chi connectivity index (χ2n) is 13.0. The van der Waals surface area contributed by atoms with E-state index in [1.807, 2.05) is 30.2 Å². The summed E-state index contributed by atoms with van der Waals surface area (Å²) in [6.07, 6.45) is -0.835.